The molecule has 1 saturated heterocycles. The fourth-order valence-electron chi connectivity index (χ4n) is 3.52. The minimum absolute atomic E-state index is 0. The Hall–Kier alpha value is -1.32. The molecule has 1 atom stereocenters. The topological polar surface area (TPSA) is 48.9 Å². The van der Waals surface area contributed by atoms with Crippen molar-refractivity contribution < 1.29 is 4.74 Å². The van der Waals surface area contributed by atoms with E-state index in [1.165, 1.54) is 28.8 Å². The maximum absolute atomic E-state index is 5.43. The number of ether oxygens (including phenoxy) is 1. The van der Waals surface area contributed by atoms with E-state index in [2.05, 4.69) is 57.1 Å². The molecule has 1 aromatic carbocycles. The number of nitrogens with one attached hydrogen (secondary N) is 2. The van der Waals surface area contributed by atoms with Crippen LogP contribution < -0.4 is 15.4 Å². The highest BCUT2D eigenvalue weighted by atomic mass is 127. The Labute approximate surface area is 189 Å². The van der Waals surface area contributed by atoms with Gasteiger partial charge in [0.25, 0.3) is 0 Å². The summed E-state index contributed by atoms with van der Waals surface area (Å²) in [6.45, 7) is 6.05. The summed E-state index contributed by atoms with van der Waals surface area (Å²) in [6, 6.07) is 10.9. The molecule has 0 saturated carbocycles. The zero-order chi connectivity index (χ0) is 19.1. The monoisotopic (exact) mass is 514 g/mol. The van der Waals surface area contributed by atoms with Crippen molar-refractivity contribution in [1.29, 1.82) is 0 Å². The summed E-state index contributed by atoms with van der Waals surface area (Å²) < 4.78 is 5.43. The van der Waals surface area contributed by atoms with Crippen LogP contribution >= 0.6 is 35.3 Å². The highest BCUT2D eigenvalue weighted by molar-refractivity contribution is 14.0. The average Bonchev–Trinajstić information content (AvgIpc) is 3.37. The summed E-state index contributed by atoms with van der Waals surface area (Å²) >= 11 is 1.78. The van der Waals surface area contributed by atoms with Crippen molar-refractivity contribution in [3.8, 4) is 5.75 Å². The second-order valence-corrected chi connectivity index (χ2v) is 7.87. The Morgan fingerprint density at radius 2 is 2.04 bits per heavy atom. The number of hydrogen-bond donors (Lipinski definition) is 2. The first kappa shape index (κ1) is 23.0. The Balaban J connectivity index is 0.00000280. The Bertz CT molecular complexity index is 758. The van der Waals surface area contributed by atoms with Crippen LogP contribution in [-0.2, 0) is 6.54 Å². The fraction of sp³-hybridized carbons (Fsp3) is 0.476. The lowest BCUT2D eigenvalue weighted by Crippen LogP contribution is -2.42. The second kappa shape index (κ2) is 11.6. The fourth-order valence-corrected chi connectivity index (χ4v) is 4.37. The standard InChI is InChI=1S/C21H30N4OS.HI/c1-16-9-12-27-20(16)15-24-21(22-2)23-14-19(25-10-4-5-11-25)17-7-6-8-18(13-17)26-3;/h6-9,12-13,19H,4-5,10-11,14-15H2,1-3H3,(H2,22,23,24);1H. The van der Waals surface area contributed by atoms with Crippen molar-refractivity contribution in [3.05, 3.63) is 51.7 Å². The first-order valence-electron chi connectivity index (χ1n) is 9.56. The van der Waals surface area contributed by atoms with Crippen LogP contribution in [0, 0.1) is 6.92 Å². The molecule has 0 amide bonds. The zero-order valence-electron chi connectivity index (χ0n) is 16.9. The van der Waals surface area contributed by atoms with E-state index in [-0.39, 0.29) is 24.0 Å². The maximum atomic E-state index is 5.43. The lowest BCUT2D eigenvalue weighted by atomic mass is 10.1. The normalized spacial score (nSPS) is 15.8. The molecule has 0 aliphatic carbocycles. The molecule has 2 N–H and O–H groups in total. The van der Waals surface area contributed by atoms with Gasteiger partial charge in [0.15, 0.2) is 5.96 Å². The number of guanidine groups is 1. The average molecular weight is 514 g/mol. The number of benzene rings is 1. The molecule has 3 rings (SSSR count). The van der Waals surface area contributed by atoms with Crippen molar-refractivity contribution in [3.63, 3.8) is 0 Å². The van der Waals surface area contributed by atoms with Crippen LogP contribution in [0.2, 0.25) is 0 Å². The number of aryl methyl sites for hydroxylation is 1. The molecule has 0 bridgehead atoms. The number of halogens is 1. The van der Waals surface area contributed by atoms with Crippen LogP contribution in [0.25, 0.3) is 0 Å². The third kappa shape index (κ3) is 6.09. The molecule has 1 unspecified atom stereocenters. The van der Waals surface area contributed by atoms with Gasteiger partial charge >= 0.3 is 0 Å². The lowest BCUT2D eigenvalue weighted by Gasteiger charge is -2.29. The molecule has 0 spiro atoms. The predicted molar refractivity (Wildman–Crippen MR) is 129 cm³/mol. The van der Waals surface area contributed by atoms with E-state index in [9.17, 15) is 0 Å². The van der Waals surface area contributed by atoms with Gasteiger partial charge in [-0.05, 0) is 67.6 Å². The molecule has 28 heavy (non-hydrogen) atoms. The minimum atomic E-state index is 0. The molecule has 5 nitrogen and oxygen atoms in total. The van der Waals surface area contributed by atoms with Gasteiger partial charge in [0, 0.05) is 18.5 Å². The Morgan fingerprint density at radius 3 is 2.68 bits per heavy atom. The van der Waals surface area contributed by atoms with Crippen molar-refractivity contribution in [2.75, 3.05) is 33.8 Å². The van der Waals surface area contributed by atoms with Gasteiger partial charge in [0.2, 0.25) is 0 Å². The van der Waals surface area contributed by atoms with Gasteiger partial charge in [-0.2, -0.15) is 0 Å². The summed E-state index contributed by atoms with van der Waals surface area (Å²) in [5.41, 5.74) is 2.61. The van der Waals surface area contributed by atoms with Gasteiger partial charge in [0.1, 0.15) is 5.75 Å². The van der Waals surface area contributed by atoms with E-state index in [1.54, 1.807) is 18.4 Å². The molecule has 154 valence electrons. The minimum Gasteiger partial charge on any atom is -0.497 e. The SMILES string of the molecule is CN=C(NCc1sccc1C)NCC(c1cccc(OC)c1)N1CCCC1.I. The van der Waals surface area contributed by atoms with E-state index in [4.69, 9.17) is 4.74 Å². The van der Waals surface area contributed by atoms with Gasteiger partial charge in [-0.25, -0.2) is 0 Å². The molecule has 7 heteroatoms. The van der Waals surface area contributed by atoms with E-state index in [1.807, 2.05) is 13.1 Å². The Morgan fingerprint density at radius 1 is 1.25 bits per heavy atom. The first-order chi connectivity index (χ1) is 13.2. The summed E-state index contributed by atoms with van der Waals surface area (Å²) in [6.07, 6.45) is 2.54. The van der Waals surface area contributed by atoms with E-state index in [0.29, 0.717) is 6.04 Å². The molecule has 1 fully saturated rings. The summed E-state index contributed by atoms with van der Waals surface area (Å²) in [4.78, 5) is 8.30. The summed E-state index contributed by atoms with van der Waals surface area (Å²) in [5.74, 6) is 1.75. The van der Waals surface area contributed by atoms with E-state index in [0.717, 1.165) is 37.9 Å². The van der Waals surface area contributed by atoms with Crippen LogP contribution in [0.3, 0.4) is 0 Å². The van der Waals surface area contributed by atoms with Gasteiger partial charge in [-0.1, -0.05) is 12.1 Å². The quantitative estimate of drug-likeness (QED) is 0.331. The largest absolute Gasteiger partial charge is 0.497 e. The van der Waals surface area contributed by atoms with Gasteiger partial charge in [0.05, 0.1) is 19.7 Å². The van der Waals surface area contributed by atoms with Crippen molar-refractivity contribution in [1.82, 2.24) is 15.5 Å². The van der Waals surface area contributed by atoms with Crippen LogP contribution in [0.1, 0.15) is 34.9 Å². The third-order valence-electron chi connectivity index (χ3n) is 5.13. The molecule has 1 aliphatic heterocycles. The van der Waals surface area contributed by atoms with Gasteiger partial charge < -0.3 is 15.4 Å². The molecule has 0 radical (unpaired) electrons. The van der Waals surface area contributed by atoms with Crippen molar-refractivity contribution in [2.45, 2.75) is 32.4 Å². The van der Waals surface area contributed by atoms with Crippen LogP contribution in [0.4, 0.5) is 0 Å². The molecule has 1 aromatic heterocycles. The van der Waals surface area contributed by atoms with Gasteiger partial charge in [-0.15, -0.1) is 35.3 Å². The second-order valence-electron chi connectivity index (χ2n) is 6.87. The maximum Gasteiger partial charge on any atom is 0.191 e. The van der Waals surface area contributed by atoms with Crippen LogP contribution in [0.5, 0.6) is 5.75 Å². The van der Waals surface area contributed by atoms with Gasteiger partial charge in [-0.3, -0.25) is 9.89 Å². The summed E-state index contributed by atoms with van der Waals surface area (Å²) in [5, 5.41) is 9.10. The van der Waals surface area contributed by atoms with Crippen molar-refractivity contribution in [2.24, 2.45) is 4.99 Å². The van der Waals surface area contributed by atoms with E-state index < -0.39 is 0 Å². The highest BCUT2D eigenvalue weighted by Crippen LogP contribution is 2.27. The highest BCUT2D eigenvalue weighted by Gasteiger charge is 2.24. The number of hydrogen-bond acceptors (Lipinski definition) is 4. The number of aliphatic imine (C=N–C) groups is 1. The third-order valence-corrected chi connectivity index (χ3v) is 6.15. The van der Waals surface area contributed by atoms with Crippen LogP contribution in [-0.4, -0.2) is 44.7 Å². The number of methoxy groups -OCH3 is 1. The Kier molecular flexibility index (Phi) is 9.53. The number of rotatable bonds is 7. The van der Waals surface area contributed by atoms with Crippen LogP contribution in [0.15, 0.2) is 40.7 Å². The first-order valence-corrected chi connectivity index (χ1v) is 10.4. The van der Waals surface area contributed by atoms with Crippen molar-refractivity contribution >= 4 is 41.3 Å². The number of thiophene rings is 1. The molecule has 1 aliphatic rings. The van der Waals surface area contributed by atoms with E-state index >= 15 is 0 Å². The molecular formula is C21H31IN4OS. The molecule has 2 aromatic rings. The lowest BCUT2D eigenvalue weighted by molar-refractivity contribution is 0.245. The molecule has 2 heterocycles. The molecular weight excluding hydrogens is 483 g/mol. The number of nitrogens with zero attached hydrogens (tertiary/aromatic N) is 2. The number of likely N-dealkylation sites (tertiary alicyclic amines) is 1. The predicted octanol–water partition coefficient (Wildman–Crippen LogP) is 4.19. The smallest absolute Gasteiger partial charge is 0.191 e. The summed E-state index contributed by atoms with van der Waals surface area (Å²) in [7, 11) is 3.55. The zero-order valence-corrected chi connectivity index (χ0v) is 20.1.